The first-order valence-corrected chi connectivity index (χ1v) is 31.7. The van der Waals surface area contributed by atoms with Crippen molar-refractivity contribution in [1.82, 2.24) is 0 Å². The highest BCUT2D eigenvalue weighted by molar-refractivity contribution is 7.23. The molecule has 83 heavy (non-hydrogen) atoms. The minimum absolute atomic E-state index is 0.173. The molecule has 2 aromatic heterocycles. The number of phenols is 2. The van der Waals surface area contributed by atoms with E-state index >= 15 is 0 Å². The number of anilines is 1. The lowest BCUT2D eigenvalue weighted by atomic mass is 9.73. The van der Waals surface area contributed by atoms with Gasteiger partial charge in [0.2, 0.25) is 11.5 Å². The second kappa shape index (κ2) is 28.8. The summed E-state index contributed by atoms with van der Waals surface area (Å²) in [4.78, 5) is 24.3. The number of hydrogen-bond acceptors (Lipinski definition) is 11. The first-order valence-electron chi connectivity index (χ1n) is 30.0. The molecular weight excluding hydrogens is 1070 g/mol. The zero-order chi connectivity index (χ0) is 59.0. The molecule has 0 amide bonds. The van der Waals surface area contributed by atoms with Crippen molar-refractivity contribution in [2.75, 3.05) is 24.6 Å². The molecule has 0 atom stereocenters. The summed E-state index contributed by atoms with van der Waals surface area (Å²) in [5.41, 5.74) is 7.42. The number of phenolic OH excluding ortho intramolecular Hbond substituents is 2. The smallest absolute Gasteiger partial charge is 0.305 e. The average Bonchev–Trinajstić information content (AvgIpc) is 3.19. The second-order valence-corrected chi connectivity index (χ2v) is 25.1. The zero-order valence-corrected chi connectivity index (χ0v) is 51.4. The van der Waals surface area contributed by atoms with Crippen LogP contribution in [-0.4, -0.2) is 47.3 Å². The van der Waals surface area contributed by atoms with Crippen LogP contribution < -0.4 is 4.90 Å². The Balaban J connectivity index is 0.976. The maximum Gasteiger partial charge on any atom is 0.305 e. The van der Waals surface area contributed by atoms with Crippen LogP contribution in [-0.2, 0) is 42.0 Å². The number of hydrogen-bond donors (Lipinski definition) is 2. The molecule has 3 aromatic carbocycles. The molecule has 2 N–H and O–H groups in total. The molecule has 1 aliphatic carbocycles. The van der Waals surface area contributed by atoms with Crippen LogP contribution in [0.4, 0.5) is 5.69 Å². The summed E-state index contributed by atoms with van der Waals surface area (Å²) in [7, 11) is 0. The topological polar surface area (TPSA) is 126 Å². The number of ether oxygens (including phenoxy) is 4. The van der Waals surface area contributed by atoms with Gasteiger partial charge in [-0.15, -0.1) is 22.7 Å². The van der Waals surface area contributed by atoms with Gasteiger partial charge < -0.3 is 34.1 Å². The highest BCUT2D eigenvalue weighted by atomic mass is 32.1. The Labute approximate surface area is 501 Å². The molecule has 0 unspecified atom stereocenters. The van der Waals surface area contributed by atoms with E-state index in [-0.39, 0.29) is 30.5 Å². The summed E-state index contributed by atoms with van der Waals surface area (Å²) in [6.45, 7) is 24.1. The van der Waals surface area contributed by atoms with Gasteiger partial charge in [-0.25, -0.2) is 4.85 Å². The molecule has 2 aliphatic heterocycles. The molecule has 1 saturated carbocycles. The maximum atomic E-state index is 13.2. The quantitative estimate of drug-likeness (QED) is 0.0241. The normalized spacial score (nSPS) is 16.8. The van der Waals surface area contributed by atoms with Crippen molar-refractivity contribution >= 4 is 52.6 Å². The van der Waals surface area contributed by atoms with Crippen LogP contribution in [0.25, 0.3) is 32.8 Å². The number of nitriles is 1. The van der Waals surface area contributed by atoms with Gasteiger partial charge in [0.25, 0.3) is 0 Å². The molecule has 1 spiro atoms. The Morgan fingerprint density at radius 1 is 0.783 bits per heavy atom. The number of carbonyl (C=O) groups excluding carboxylic acids is 1. The summed E-state index contributed by atoms with van der Waals surface area (Å²) < 4.78 is 25.3. The monoisotopic (exact) mass is 1150 g/mol. The summed E-state index contributed by atoms with van der Waals surface area (Å²) in [5.74, 6) is 1.05. The van der Waals surface area contributed by atoms with Crippen molar-refractivity contribution < 1.29 is 34.0 Å². The fourth-order valence-corrected chi connectivity index (χ4v) is 14.0. The molecule has 8 rings (SSSR count). The van der Waals surface area contributed by atoms with Crippen molar-refractivity contribution in [1.29, 1.82) is 5.26 Å². The van der Waals surface area contributed by atoms with Crippen molar-refractivity contribution in [2.45, 2.75) is 174 Å². The van der Waals surface area contributed by atoms with Gasteiger partial charge in [0.05, 0.1) is 24.8 Å². The molecular formula is C71H83N3O7S2. The Bertz CT molecular complexity index is 3250. The number of nitrogens with zero attached hydrogens (tertiary/aromatic N) is 3. The fraction of sp³-hybridized carbons (Fsp3) is 0.423. The number of likely N-dealkylation sites (N-methyl/N-ethyl adjacent to an activating group) is 1. The third-order valence-electron chi connectivity index (χ3n) is 16.3. The van der Waals surface area contributed by atoms with E-state index in [2.05, 4.69) is 104 Å². The standard InChI is InChI=1S/C71H83N3O7S2/c1-9-12-14-17-21-52-45-61(37-38-63-65(73-8)66(50(4)49-72)81-71(63)40-19-16-20-41-71)82-67(52)68-53(22-18-15-13-10-2)46-62(83-68)48-60-47-59(79-69(5,6)80-60)36-25-51-23-30-56(31-24-51)74(11-3)43-44-78-64(77)39-42-70(7,54-26-32-57(75)33-27-54)55-28-34-58(76)35-29-55/h23-38,45-48,75-76H,9-22,39-44H2,1-7H3/b36-25+,38-37+,60-48-,66-50+. The molecule has 1 fully saturated rings. The minimum Gasteiger partial charge on any atom is -0.508 e. The molecule has 3 aliphatic rings. The maximum absolute atomic E-state index is 13.2. The van der Waals surface area contributed by atoms with Gasteiger partial charge in [0.15, 0.2) is 0 Å². The Morgan fingerprint density at radius 3 is 1.96 bits per heavy atom. The largest absolute Gasteiger partial charge is 0.508 e. The van der Waals surface area contributed by atoms with Crippen LogP contribution in [0.3, 0.4) is 0 Å². The highest BCUT2D eigenvalue weighted by Crippen LogP contribution is 2.50. The molecule has 4 heterocycles. The third kappa shape index (κ3) is 15.9. The molecule has 12 heteroatoms. The van der Waals surface area contributed by atoms with Crippen LogP contribution in [0.2, 0.25) is 0 Å². The summed E-state index contributed by atoms with van der Waals surface area (Å²) >= 11 is 3.67. The van der Waals surface area contributed by atoms with Crippen molar-refractivity contribution in [2.24, 2.45) is 0 Å². The SMILES string of the molecule is [C-]#[N+]C1=C(/C=C/c2cc(CCCCCC)c(-c3sc(/C=C4C=C(/C=C/c5ccc(N(CC)CCOC(=O)CCC(C)(c6ccc(O)cc6)c6ccc(O)cc6)cc5)OC(C)(C)O/4)cc3CCCCCC)s2)C2(CCCCC2)O/C1=C(\C)C#N. The number of allylic oxidation sites excluding steroid dienone is 3. The van der Waals surface area contributed by atoms with E-state index in [1.54, 1.807) is 31.2 Å². The Morgan fingerprint density at radius 2 is 1.39 bits per heavy atom. The Kier molecular flexibility index (Phi) is 21.5. The molecule has 0 radical (unpaired) electrons. The van der Waals surface area contributed by atoms with E-state index in [4.69, 9.17) is 25.5 Å². The first kappa shape index (κ1) is 61.8. The second-order valence-electron chi connectivity index (χ2n) is 22.9. The van der Waals surface area contributed by atoms with Crippen LogP contribution in [0.1, 0.15) is 182 Å². The van der Waals surface area contributed by atoms with E-state index in [0.29, 0.717) is 35.8 Å². The molecule has 436 valence electrons. The van der Waals surface area contributed by atoms with Crippen LogP contribution >= 0.6 is 22.7 Å². The lowest BCUT2D eigenvalue weighted by molar-refractivity contribution is -0.167. The summed E-state index contributed by atoms with van der Waals surface area (Å²) in [5, 5.41) is 29.8. The molecule has 0 saturated heterocycles. The van der Waals surface area contributed by atoms with Gasteiger partial charge in [-0.2, -0.15) is 5.26 Å². The van der Waals surface area contributed by atoms with Gasteiger partial charge in [-0.3, -0.25) is 4.79 Å². The molecule has 10 nitrogen and oxygen atoms in total. The fourth-order valence-electron chi connectivity index (χ4n) is 11.6. The van der Waals surface area contributed by atoms with E-state index in [0.717, 1.165) is 108 Å². The van der Waals surface area contributed by atoms with Crippen molar-refractivity contribution in [3.8, 4) is 27.3 Å². The van der Waals surface area contributed by atoms with Gasteiger partial charge in [-0.1, -0.05) is 114 Å². The Hall–Kier alpha value is -7.25. The number of rotatable bonds is 26. The number of esters is 1. The van der Waals surface area contributed by atoms with E-state index in [1.807, 2.05) is 72.9 Å². The van der Waals surface area contributed by atoms with Gasteiger partial charge in [0.1, 0.15) is 41.0 Å². The molecule has 0 bridgehead atoms. The van der Waals surface area contributed by atoms with Crippen LogP contribution in [0.15, 0.2) is 137 Å². The van der Waals surface area contributed by atoms with E-state index < -0.39 is 16.8 Å². The summed E-state index contributed by atoms with van der Waals surface area (Å²) in [6.07, 6.45) is 29.5. The minimum atomic E-state index is -0.898. The van der Waals surface area contributed by atoms with Crippen LogP contribution in [0.5, 0.6) is 11.5 Å². The van der Waals surface area contributed by atoms with E-state index in [9.17, 15) is 20.3 Å². The first-order chi connectivity index (χ1) is 40.1. The van der Waals surface area contributed by atoms with Gasteiger partial charge in [-0.05, 0) is 166 Å². The highest BCUT2D eigenvalue weighted by Gasteiger charge is 2.46. The van der Waals surface area contributed by atoms with Crippen molar-refractivity contribution in [3.63, 3.8) is 0 Å². The van der Waals surface area contributed by atoms with Gasteiger partial charge >= 0.3 is 5.97 Å². The number of aryl methyl sites for hydroxylation is 2. The predicted molar refractivity (Wildman–Crippen MR) is 340 cm³/mol. The van der Waals surface area contributed by atoms with Crippen molar-refractivity contribution in [3.05, 3.63) is 186 Å². The number of carbonyl (C=O) groups is 1. The number of aromatic hydroxyl groups is 2. The molecule has 5 aromatic rings. The lowest BCUT2D eigenvalue weighted by Gasteiger charge is -2.35. The zero-order valence-electron chi connectivity index (χ0n) is 49.8. The van der Waals surface area contributed by atoms with E-state index in [1.165, 1.54) is 59.4 Å². The average molecular weight is 1150 g/mol. The predicted octanol–water partition coefficient (Wildman–Crippen LogP) is 18.7. The van der Waals surface area contributed by atoms with Crippen LogP contribution in [0, 0.1) is 17.9 Å². The lowest BCUT2D eigenvalue weighted by Crippen LogP contribution is -2.33. The summed E-state index contributed by atoms with van der Waals surface area (Å²) in [6, 6.07) is 29.4. The number of thiophene rings is 2. The third-order valence-corrected chi connectivity index (χ3v) is 18.7. The van der Waals surface area contributed by atoms with Gasteiger partial charge in [0, 0.05) is 69.1 Å². The number of benzene rings is 3. The number of unbranched alkanes of at least 4 members (excludes halogenated alkanes) is 6.